The number of rotatable bonds is 5. The van der Waals surface area contributed by atoms with Gasteiger partial charge in [0.05, 0.1) is 12.5 Å². The van der Waals surface area contributed by atoms with Crippen molar-refractivity contribution in [3.8, 4) is 11.4 Å². The molecule has 0 spiro atoms. The van der Waals surface area contributed by atoms with Crippen molar-refractivity contribution in [2.75, 3.05) is 0 Å². The SMILES string of the molecule is CCC(CC(=O)O)n1nnnc1-c1ccc(C)c(Cl)c1. The Bertz CT molecular complexity index is 627. The predicted octanol–water partition coefficient (Wildman–Crippen LogP) is 2.73. The molecule has 0 aliphatic rings. The molecule has 0 saturated heterocycles. The normalized spacial score (nSPS) is 12.3. The van der Waals surface area contributed by atoms with Gasteiger partial charge in [-0.3, -0.25) is 4.79 Å². The lowest BCUT2D eigenvalue weighted by molar-refractivity contribution is -0.138. The molecule has 1 aromatic heterocycles. The highest BCUT2D eigenvalue weighted by atomic mass is 35.5. The van der Waals surface area contributed by atoms with Gasteiger partial charge in [-0.25, -0.2) is 4.68 Å². The summed E-state index contributed by atoms with van der Waals surface area (Å²) in [5.74, 6) is -0.347. The minimum absolute atomic E-state index is 0.0197. The van der Waals surface area contributed by atoms with Crippen LogP contribution < -0.4 is 0 Å². The molecule has 0 bridgehead atoms. The van der Waals surface area contributed by atoms with Crippen LogP contribution in [0.1, 0.15) is 31.4 Å². The lowest BCUT2D eigenvalue weighted by atomic mass is 10.1. The van der Waals surface area contributed by atoms with Crippen molar-refractivity contribution >= 4 is 17.6 Å². The van der Waals surface area contributed by atoms with E-state index in [1.807, 2.05) is 26.0 Å². The molecule has 0 fully saturated rings. The number of carbonyl (C=O) groups is 1. The fraction of sp³-hybridized carbons (Fsp3) is 0.385. The summed E-state index contributed by atoms with van der Waals surface area (Å²) < 4.78 is 1.55. The molecule has 2 rings (SSSR count). The third-order valence-electron chi connectivity index (χ3n) is 3.15. The van der Waals surface area contributed by atoms with Crippen LogP contribution in [0.2, 0.25) is 5.02 Å². The van der Waals surface area contributed by atoms with Gasteiger partial charge in [-0.05, 0) is 35.4 Å². The van der Waals surface area contributed by atoms with Gasteiger partial charge in [0.2, 0.25) is 0 Å². The van der Waals surface area contributed by atoms with E-state index in [1.165, 1.54) is 0 Å². The number of carboxylic acids is 1. The third-order valence-corrected chi connectivity index (χ3v) is 3.56. The Hall–Kier alpha value is -1.95. The molecule has 106 valence electrons. The van der Waals surface area contributed by atoms with E-state index in [0.29, 0.717) is 17.3 Å². The molecule has 1 atom stereocenters. The lowest BCUT2D eigenvalue weighted by Crippen LogP contribution is -2.15. The topological polar surface area (TPSA) is 80.9 Å². The molecule has 1 unspecified atom stereocenters. The zero-order valence-electron chi connectivity index (χ0n) is 11.2. The number of aromatic nitrogens is 4. The van der Waals surface area contributed by atoms with Crippen LogP contribution in [-0.4, -0.2) is 31.3 Å². The maximum atomic E-state index is 10.9. The van der Waals surface area contributed by atoms with Crippen LogP contribution in [0.5, 0.6) is 0 Å². The Morgan fingerprint density at radius 2 is 2.25 bits per heavy atom. The van der Waals surface area contributed by atoms with Crippen LogP contribution >= 0.6 is 11.6 Å². The van der Waals surface area contributed by atoms with Crippen LogP contribution in [0.15, 0.2) is 18.2 Å². The first kappa shape index (κ1) is 14.5. The summed E-state index contributed by atoms with van der Waals surface area (Å²) in [5, 5.41) is 21.1. The minimum atomic E-state index is -0.875. The highest BCUT2D eigenvalue weighted by Gasteiger charge is 2.20. The van der Waals surface area contributed by atoms with Gasteiger partial charge < -0.3 is 5.11 Å². The Morgan fingerprint density at radius 1 is 1.50 bits per heavy atom. The summed E-state index contributed by atoms with van der Waals surface area (Å²) >= 11 is 6.11. The summed E-state index contributed by atoms with van der Waals surface area (Å²) in [7, 11) is 0. The molecule has 0 radical (unpaired) electrons. The Kier molecular flexibility index (Phi) is 4.34. The van der Waals surface area contributed by atoms with Gasteiger partial charge in [0.25, 0.3) is 0 Å². The van der Waals surface area contributed by atoms with E-state index in [4.69, 9.17) is 16.7 Å². The molecule has 20 heavy (non-hydrogen) atoms. The number of hydrogen-bond acceptors (Lipinski definition) is 4. The van der Waals surface area contributed by atoms with Gasteiger partial charge in [0.15, 0.2) is 5.82 Å². The molecule has 6 nitrogen and oxygen atoms in total. The van der Waals surface area contributed by atoms with Gasteiger partial charge in [0.1, 0.15) is 0 Å². The van der Waals surface area contributed by atoms with E-state index in [-0.39, 0.29) is 12.5 Å². The summed E-state index contributed by atoms with van der Waals surface area (Å²) in [4.78, 5) is 10.9. The minimum Gasteiger partial charge on any atom is -0.481 e. The fourth-order valence-electron chi connectivity index (χ4n) is 1.97. The molecular formula is C13H15ClN4O2. The maximum absolute atomic E-state index is 10.9. The average molecular weight is 295 g/mol. The number of benzene rings is 1. The zero-order valence-corrected chi connectivity index (χ0v) is 12.0. The summed E-state index contributed by atoms with van der Waals surface area (Å²) in [6.07, 6.45) is 0.609. The van der Waals surface area contributed by atoms with Crippen molar-refractivity contribution in [1.82, 2.24) is 20.2 Å². The van der Waals surface area contributed by atoms with E-state index < -0.39 is 5.97 Å². The second-order valence-electron chi connectivity index (χ2n) is 4.57. The molecule has 0 saturated carbocycles. The molecule has 0 aliphatic heterocycles. The average Bonchev–Trinajstić information content (AvgIpc) is 2.88. The quantitative estimate of drug-likeness (QED) is 0.917. The van der Waals surface area contributed by atoms with E-state index in [2.05, 4.69) is 15.5 Å². The first-order chi connectivity index (χ1) is 9.52. The van der Waals surface area contributed by atoms with E-state index in [9.17, 15) is 4.79 Å². The fourth-order valence-corrected chi connectivity index (χ4v) is 2.15. The summed E-state index contributed by atoms with van der Waals surface area (Å²) in [6.45, 7) is 3.82. The van der Waals surface area contributed by atoms with Crippen molar-refractivity contribution in [2.24, 2.45) is 0 Å². The molecular weight excluding hydrogens is 280 g/mol. The summed E-state index contributed by atoms with van der Waals surface area (Å²) in [6, 6.07) is 5.26. The largest absolute Gasteiger partial charge is 0.481 e. The lowest BCUT2D eigenvalue weighted by Gasteiger charge is -2.14. The van der Waals surface area contributed by atoms with Gasteiger partial charge in [-0.1, -0.05) is 30.7 Å². The number of halogens is 1. The number of hydrogen-bond donors (Lipinski definition) is 1. The monoisotopic (exact) mass is 294 g/mol. The van der Waals surface area contributed by atoms with Gasteiger partial charge >= 0.3 is 5.97 Å². The number of nitrogens with zero attached hydrogens (tertiary/aromatic N) is 4. The first-order valence-corrected chi connectivity index (χ1v) is 6.67. The van der Waals surface area contributed by atoms with Crippen LogP contribution in [0.4, 0.5) is 0 Å². The molecule has 1 aromatic carbocycles. The maximum Gasteiger partial charge on any atom is 0.305 e. The second-order valence-corrected chi connectivity index (χ2v) is 4.98. The standard InChI is InChI=1S/C13H15ClN4O2/c1-3-10(7-12(19)20)18-13(15-16-17-18)9-5-4-8(2)11(14)6-9/h4-6,10H,3,7H2,1-2H3,(H,19,20). The Morgan fingerprint density at radius 3 is 2.85 bits per heavy atom. The number of carboxylic acid groups (broad SMARTS) is 1. The molecule has 7 heteroatoms. The Balaban J connectivity index is 2.40. The van der Waals surface area contributed by atoms with Gasteiger partial charge in [-0.15, -0.1) is 5.10 Å². The van der Waals surface area contributed by atoms with Gasteiger partial charge in [-0.2, -0.15) is 0 Å². The number of aryl methyl sites for hydroxylation is 1. The van der Waals surface area contributed by atoms with Gasteiger partial charge in [0, 0.05) is 10.6 Å². The number of tetrazole rings is 1. The third kappa shape index (κ3) is 2.96. The first-order valence-electron chi connectivity index (χ1n) is 6.29. The van der Waals surface area contributed by atoms with E-state index in [1.54, 1.807) is 10.7 Å². The van der Waals surface area contributed by atoms with Crippen LogP contribution in [-0.2, 0) is 4.79 Å². The van der Waals surface area contributed by atoms with E-state index >= 15 is 0 Å². The van der Waals surface area contributed by atoms with Crippen LogP contribution in [0.3, 0.4) is 0 Å². The van der Waals surface area contributed by atoms with Crippen molar-refractivity contribution < 1.29 is 9.90 Å². The predicted molar refractivity (Wildman–Crippen MR) is 74.6 cm³/mol. The van der Waals surface area contributed by atoms with Crippen molar-refractivity contribution in [2.45, 2.75) is 32.7 Å². The highest BCUT2D eigenvalue weighted by molar-refractivity contribution is 6.31. The number of aliphatic carboxylic acids is 1. The second kappa shape index (κ2) is 6.00. The molecule has 2 aromatic rings. The van der Waals surface area contributed by atoms with Crippen molar-refractivity contribution in [3.63, 3.8) is 0 Å². The Labute approximate surface area is 121 Å². The van der Waals surface area contributed by atoms with Crippen LogP contribution in [0.25, 0.3) is 11.4 Å². The van der Waals surface area contributed by atoms with Crippen LogP contribution in [0, 0.1) is 6.92 Å². The highest BCUT2D eigenvalue weighted by Crippen LogP contribution is 2.26. The van der Waals surface area contributed by atoms with Crippen molar-refractivity contribution in [3.05, 3.63) is 28.8 Å². The smallest absolute Gasteiger partial charge is 0.305 e. The summed E-state index contributed by atoms with van der Waals surface area (Å²) in [5.41, 5.74) is 1.74. The van der Waals surface area contributed by atoms with E-state index in [0.717, 1.165) is 11.1 Å². The zero-order chi connectivity index (χ0) is 14.7. The molecule has 0 aliphatic carbocycles. The molecule has 1 N–H and O–H groups in total. The van der Waals surface area contributed by atoms with Crippen molar-refractivity contribution in [1.29, 1.82) is 0 Å². The molecule has 1 heterocycles. The molecule has 0 amide bonds.